The van der Waals surface area contributed by atoms with Crippen molar-refractivity contribution < 1.29 is 27.5 Å². The molecule has 43 heavy (non-hydrogen) atoms. The Hall–Kier alpha value is -4.30. The lowest BCUT2D eigenvalue weighted by atomic mass is 9.99. The van der Waals surface area contributed by atoms with Crippen LogP contribution in [-0.2, 0) is 10.9 Å². The fraction of sp³-hybridized carbons (Fsp3) is 0.345. The van der Waals surface area contributed by atoms with Gasteiger partial charge in [0.05, 0.1) is 12.1 Å². The van der Waals surface area contributed by atoms with Gasteiger partial charge in [0.2, 0.25) is 5.43 Å². The number of amides is 2. The number of nitrogens with zero attached hydrogens (tertiary/aromatic N) is 4. The minimum absolute atomic E-state index is 0.0140. The molecule has 4 aromatic rings. The molecule has 1 aromatic carbocycles. The summed E-state index contributed by atoms with van der Waals surface area (Å²) in [6.07, 6.45) is -0.865. The summed E-state index contributed by atoms with van der Waals surface area (Å²) in [5, 5.41) is 6.36. The number of thiazole rings is 1. The van der Waals surface area contributed by atoms with Crippen LogP contribution in [0.3, 0.4) is 0 Å². The van der Waals surface area contributed by atoms with Crippen molar-refractivity contribution in [3.63, 3.8) is 0 Å². The summed E-state index contributed by atoms with van der Waals surface area (Å²) in [6.45, 7) is 5.43. The number of likely N-dealkylation sites (tertiary alicyclic amines) is 1. The number of alkyl halides is 3. The van der Waals surface area contributed by atoms with Crippen LogP contribution in [0.5, 0.6) is 0 Å². The Kier molecular flexibility index (Phi) is 8.51. The Labute approximate surface area is 248 Å². The molecule has 0 aliphatic carbocycles. The van der Waals surface area contributed by atoms with E-state index in [0.29, 0.717) is 23.2 Å². The molecular weight excluding hydrogens is 585 g/mol. The number of nitrogens with one attached hydrogen (secondary N) is 2. The van der Waals surface area contributed by atoms with Gasteiger partial charge in [0.15, 0.2) is 5.69 Å². The molecular formula is C29H29F3N6O4S. The number of rotatable bonds is 7. The zero-order valence-corrected chi connectivity index (χ0v) is 24.4. The molecule has 1 saturated heterocycles. The molecule has 0 bridgehead atoms. The van der Waals surface area contributed by atoms with Crippen LogP contribution in [0.2, 0.25) is 0 Å². The van der Waals surface area contributed by atoms with Gasteiger partial charge in [0, 0.05) is 53.4 Å². The molecule has 14 heteroatoms. The van der Waals surface area contributed by atoms with Crippen LogP contribution >= 0.6 is 11.3 Å². The molecule has 2 amide bonds. The number of ether oxygens (including phenoxy) is 1. The number of benzene rings is 1. The van der Waals surface area contributed by atoms with E-state index in [9.17, 15) is 27.6 Å². The highest BCUT2D eigenvalue weighted by atomic mass is 32.1. The fourth-order valence-corrected chi connectivity index (χ4v) is 5.95. The molecule has 1 aliphatic rings. The average Bonchev–Trinajstić information content (AvgIpc) is 3.63. The number of anilines is 1. The van der Waals surface area contributed by atoms with E-state index in [1.54, 1.807) is 38.2 Å². The van der Waals surface area contributed by atoms with E-state index >= 15 is 0 Å². The maximum Gasteiger partial charge on any atom is 0.434 e. The van der Waals surface area contributed by atoms with E-state index in [1.807, 2.05) is 11.6 Å². The van der Waals surface area contributed by atoms with E-state index in [4.69, 9.17) is 4.74 Å². The first kappa shape index (κ1) is 30.2. The third-order valence-corrected chi connectivity index (χ3v) is 7.98. The number of esters is 1. The third-order valence-electron chi connectivity index (χ3n) is 7.11. The van der Waals surface area contributed by atoms with E-state index in [-0.39, 0.29) is 40.0 Å². The Bertz CT molecular complexity index is 1750. The van der Waals surface area contributed by atoms with Gasteiger partial charge in [-0.25, -0.2) is 19.6 Å². The largest absolute Gasteiger partial charge is 0.462 e. The number of halogens is 3. The zero-order valence-electron chi connectivity index (χ0n) is 23.6. The van der Waals surface area contributed by atoms with Crippen molar-refractivity contribution in [2.24, 2.45) is 0 Å². The van der Waals surface area contributed by atoms with Crippen LogP contribution in [0.25, 0.3) is 32.6 Å². The van der Waals surface area contributed by atoms with Crippen molar-refractivity contribution in [3.8, 4) is 21.7 Å². The molecule has 10 nitrogen and oxygen atoms in total. The molecule has 0 radical (unpaired) electrons. The van der Waals surface area contributed by atoms with Crippen LogP contribution in [-0.4, -0.2) is 64.7 Å². The van der Waals surface area contributed by atoms with Gasteiger partial charge in [-0.3, -0.25) is 10.1 Å². The first-order chi connectivity index (χ1) is 20.5. The van der Waals surface area contributed by atoms with Gasteiger partial charge in [-0.2, -0.15) is 13.2 Å². The number of pyridine rings is 2. The first-order valence-electron chi connectivity index (χ1n) is 13.6. The summed E-state index contributed by atoms with van der Waals surface area (Å²) >= 11 is 0.795. The average molecular weight is 615 g/mol. The normalized spacial score (nSPS) is 15.5. The van der Waals surface area contributed by atoms with E-state index in [2.05, 4.69) is 25.5 Å². The number of aromatic nitrogens is 3. The van der Waals surface area contributed by atoms with Gasteiger partial charge in [-0.15, -0.1) is 11.3 Å². The second kappa shape index (κ2) is 12.1. The van der Waals surface area contributed by atoms with Crippen molar-refractivity contribution >= 4 is 40.1 Å². The lowest BCUT2D eigenvalue weighted by Gasteiger charge is -2.20. The summed E-state index contributed by atoms with van der Waals surface area (Å²) < 4.78 is 47.4. The van der Waals surface area contributed by atoms with Gasteiger partial charge in [0.25, 0.3) is 0 Å². The lowest BCUT2D eigenvalue weighted by Crippen LogP contribution is -2.28. The molecule has 0 unspecified atom stereocenters. The predicted octanol–water partition coefficient (Wildman–Crippen LogP) is 5.40. The molecule has 2 N–H and O–H groups in total. The molecule has 5 rings (SSSR count). The molecule has 0 spiro atoms. The number of carbonyl (C=O) groups is 2. The summed E-state index contributed by atoms with van der Waals surface area (Å²) in [7, 11) is 2.00. The first-order valence-corrected chi connectivity index (χ1v) is 14.5. The van der Waals surface area contributed by atoms with Gasteiger partial charge in [0.1, 0.15) is 16.4 Å². The zero-order chi connectivity index (χ0) is 30.9. The number of fused-ring (bicyclic) bond motifs is 1. The van der Waals surface area contributed by atoms with Crippen LogP contribution in [0.4, 0.5) is 23.8 Å². The molecule has 3 aromatic heterocycles. The van der Waals surface area contributed by atoms with Crippen molar-refractivity contribution in [2.45, 2.75) is 32.5 Å². The Morgan fingerprint density at radius 2 is 1.98 bits per heavy atom. The van der Waals surface area contributed by atoms with Crippen molar-refractivity contribution in [3.05, 3.63) is 63.5 Å². The lowest BCUT2D eigenvalue weighted by molar-refractivity contribution is -0.140. The quantitative estimate of drug-likeness (QED) is 0.268. The summed E-state index contributed by atoms with van der Waals surface area (Å²) in [5.41, 5.74) is 0.0818. The van der Waals surface area contributed by atoms with Crippen LogP contribution in [0.1, 0.15) is 42.4 Å². The summed E-state index contributed by atoms with van der Waals surface area (Å²) in [4.78, 5) is 48.8. The Balaban J connectivity index is 1.69. The standard InChI is InChI=1S/C29H29F3N6O4S/c1-4-33-28(41)36-24-11-18(26-35-23(15-43-26)29(30,31)32)20(12-34-24)16-6-7-22-19(10-16)25(39)21(27(40)42-5-2)14-38(22)17-8-9-37(3)13-17/h6-7,10-12,14-15,17H,4-5,8-9,13H2,1-3H3,(H2,33,34,36,41)/t17-/m1/s1. The van der Waals surface area contributed by atoms with Gasteiger partial charge < -0.3 is 19.5 Å². The number of likely N-dealkylation sites (N-methyl/N-ethyl adjacent to an activating group) is 1. The highest BCUT2D eigenvalue weighted by molar-refractivity contribution is 7.13. The predicted molar refractivity (Wildman–Crippen MR) is 157 cm³/mol. The SMILES string of the molecule is CCNC(=O)Nc1cc(-c2nc(C(F)(F)F)cs2)c(-c2ccc3c(c2)c(=O)c(C(=O)OCC)cn3[C@@H]2CCN(C)C2)cn1. The topological polar surface area (TPSA) is 118 Å². The minimum Gasteiger partial charge on any atom is -0.462 e. The van der Waals surface area contributed by atoms with Crippen LogP contribution in [0, 0.1) is 0 Å². The van der Waals surface area contributed by atoms with Crippen LogP contribution in [0.15, 0.2) is 46.8 Å². The van der Waals surface area contributed by atoms with Gasteiger partial charge >= 0.3 is 18.2 Å². The fourth-order valence-electron chi connectivity index (χ4n) is 5.10. The Morgan fingerprint density at radius 1 is 1.19 bits per heavy atom. The second-order valence-electron chi connectivity index (χ2n) is 10.1. The highest BCUT2D eigenvalue weighted by Gasteiger charge is 2.34. The molecule has 226 valence electrons. The van der Waals surface area contributed by atoms with Crippen LogP contribution < -0.4 is 16.1 Å². The van der Waals surface area contributed by atoms with Crippen molar-refractivity contribution in [2.75, 3.05) is 38.6 Å². The molecule has 4 heterocycles. The van der Waals surface area contributed by atoms with E-state index in [0.717, 1.165) is 36.2 Å². The van der Waals surface area contributed by atoms with Crippen molar-refractivity contribution in [1.82, 2.24) is 24.8 Å². The molecule has 1 aliphatic heterocycles. The highest BCUT2D eigenvalue weighted by Crippen LogP contribution is 2.39. The third kappa shape index (κ3) is 6.25. The molecule has 0 saturated carbocycles. The van der Waals surface area contributed by atoms with E-state index in [1.165, 1.54) is 12.3 Å². The second-order valence-corrected chi connectivity index (χ2v) is 10.9. The van der Waals surface area contributed by atoms with Gasteiger partial charge in [-0.05, 0) is 57.6 Å². The smallest absolute Gasteiger partial charge is 0.434 e. The number of urea groups is 1. The minimum atomic E-state index is -4.64. The summed E-state index contributed by atoms with van der Waals surface area (Å²) in [6, 6.07) is 6.03. The molecule has 1 fully saturated rings. The monoisotopic (exact) mass is 614 g/mol. The van der Waals surface area contributed by atoms with Crippen molar-refractivity contribution in [1.29, 1.82) is 0 Å². The summed E-state index contributed by atoms with van der Waals surface area (Å²) in [5.74, 6) is -0.628. The van der Waals surface area contributed by atoms with Gasteiger partial charge in [-0.1, -0.05) is 6.07 Å². The number of hydrogen-bond donors (Lipinski definition) is 2. The maximum absolute atomic E-state index is 13.6. The van der Waals surface area contributed by atoms with E-state index < -0.39 is 29.3 Å². The Morgan fingerprint density at radius 3 is 2.63 bits per heavy atom. The number of carbonyl (C=O) groups excluding carboxylic acids is 2. The maximum atomic E-state index is 13.6. The number of hydrogen-bond acceptors (Lipinski definition) is 8. The molecule has 1 atom stereocenters.